The first kappa shape index (κ1) is 18.8. The minimum atomic E-state index is -4.08. The minimum absolute atomic E-state index is 0.00532. The molecule has 0 aromatic carbocycles. The molecular formula is C16H30F3NO. The molecule has 0 atom stereocenters. The maximum atomic E-state index is 12.2. The summed E-state index contributed by atoms with van der Waals surface area (Å²) in [4.78, 5) is 0. The first-order valence-electron chi connectivity index (χ1n) is 8.08. The van der Waals surface area contributed by atoms with E-state index in [-0.39, 0.29) is 24.2 Å². The van der Waals surface area contributed by atoms with Crippen LogP contribution >= 0.6 is 0 Å². The largest absolute Gasteiger partial charge is 0.389 e. The smallest absolute Gasteiger partial charge is 0.374 e. The second-order valence-corrected chi connectivity index (χ2v) is 7.27. The van der Waals surface area contributed by atoms with Gasteiger partial charge in [-0.05, 0) is 40.0 Å². The third-order valence-corrected chi connectivity index (χ3v) is 3.97. The molecule has 126 valence electrons. The normalized spacial score (nSPS) is 20.3. The number of hydrogen-bond acceptors (Lipinski definition) is 2. The number of hydrogen-bond donors (Lipinski definition) is 1. The summed E-state index contributed by atoms with van der Waals surface area (Å²) in [6, 6.07) is 0. The van der Waals surface area contributed by atoms with Crippen molar-refractivity contribution in [3.8, 4) is 0 Å². The molecule has 0 spiro atoms. The van der Waals surface area contributed by atoms with E-state index in [9.17, 15) is 13.2 Å². The van der Waals surface area contributed by atoms with Gasteiger partial charge in [-0.25, -0.2) is 0 Å². The summed E-state index contributed by atoms with van der Waals surface area (Å²) in [7, 11) is 0. The van der Waals surface area contributed by atoms with Gasteiger partial charge in [0.15, 0.2) is 0 Å². The summed E-state index contributed by atoms with van der Waals surface area (Å²) in [5.41, 5.74) is -0.288. The molecule has 2 nitrogen and oxygen atoms in total. The molecule has 0 aromatic heterocycles. The molecule has 21 heavy (non-hydrogen) atoms. The van der Waals surface area contributed by atoms with E-state index in [4.69, 9.17) is 4.74 Å². The van der Waals surface area contributed by atoms with Gasteiger partial charge in [-0.15, -0.1) is 0 Å². The highest BCUT2D eigenvalue weighted by Crippen LogP contribution is 2.31. The number of nitrogens with one attached hydrogen (secondary N) is 1. The first-order chi connectivity index (χ1) is 9.62. The molecule has 1 N–H and O–H groups in total. The van der Waals surface area contributed by atoms with Crippen LogP contribution in [0.4, 0.5) is 13.2 Å². The molecule has 0 aliphatic heterocycles. The van der Waals surface area contributed by atoms with Crippen LogP contribution in [-0.4, -0.2) is 30.5 Å². The third-order valence-electron chi connectivity index (χ3n) is 3.97. The molecule has 1 saturated carbocycles. The summed E-state index contributed by atoms with van der Waals surface area (Å²) in [5.74, 6) is 0. The highest BCUT2D eigenvalue weighted by molar-refractivity contribution is 4.88. The maximum absolute atomic E-state index is 12.2. The Bertz CT molecular complexity index is 289. The molecule has 1 aliphatic carbocycles. The van der Waals surface area contributed by atoms with E-state index in [2.05, 4.69) is 26.1 Å². The predicted octanol–water partition coefficient (Wildman–Crippen LogP) is 4.83. The van der Waals surface area contributed by atoms with Gasteiger partial charge >= 0.3 is 6.18 Å². The van der Waals surface area contributed by atoms with E-state index in [0.717, 1.165) is 32.2 Å². The molecule has 0 saturated heterocycles. The summed E-state index contributed by atoms with van der Waals surface area (Å²) < 4.78 is 42.6. The van der Waals surface area contributed by atoms with Gasteiger partial charge in [0.2, 0.25) is 0 Å². The molecule has 1 fully saturated rings. The van der Waals surface area contributed by atoms with Gasteiger partial charge in [-0.1, -0.05) is 25.7 Å². The zero-order valence-electron chi connectivity index (χ0n) is 13.6. The van der Waals surface area contributed by atoms with E-state index >= 15 is 0 Å². The molecule has 1 rings (SSSR count). The fourth-order valence-electron chi connectivity index (χ4n) is 2.73. The van der Waals surface area contributed by atoms with Crippen LogP contribution in [0, 0.1) is 0 Å². The number of rotatable bonds is 6. The first-order valence-corrected chi connectivity index (χ1v) is 8.08. The molecule has 1 aliphatic rings. The van der Waals surface area contributed by atoms with Crippen molar-refractivity contribution in [2.75, 3.05) is 13.2 Å². The summed E-state index contributed by atoms with van der Waals surface area (Å²) in [6.07, 6.45) is 1.72. The lowest BCUT2D eigenvalue weighted by Gasteiger charge is -2.36. The average molecular weight is 309 g/mol. The number of halogens is 3. The van der Waals surface area contributed by atoms with Crippen molar-refractivity contribution < 1.29 is 17.9 Å². The molecule has 0 amide bonds. The molecule has 0 radical (unpaired) electrons. The van der Waals surface area contributed by atoms with Crippen molar-refractivity contribution in [2.24, 2.45) is 0 Å². The Morgan fingerprint density at radius 2 is 1.57 bits per heavy atom. The van der Waals surface area contributed by atoms with Gasteiger partial charge in [-0.3, -0.25) is 0 Å². The van der Waals surface area contributed by atoms with Crippen molar-refractivity contribution in [3.63, 3.8) is 0 Å². The molecule has 5 heteroatoms. The molecular weight excluding hydrogens is 279 g/mol. The SMILES string of the molecule is CC(C)(C)NCC1(OCCCC(F)(F)F)CCCCCC1. The van der Waals surface area contributed by atoms with Gasteiger partial charge in [0.25, 0.3) is 0 Å². The minimum Gasteiger partial charge on any atom is -0.374 e. The Labute approximate surface area is 126 Å². The van der Waals surface area contributed by atoms with Gasteiger partial charge in [0, 0.05) is 25.1 Å². The zero-order chi connectivity index (χ0) is 16.0. The van der Waals surface area contributed by atoms with Crippen LogP contribution in [0.5, 0.6) is 0 Å². The monoisotopic (exact) mass is 309 g/mol. The Morgan fingerprint density at radius 3 is 2.05 bits per heavy atom. The zero-order valence-corrected chi connectivity index (χ0v) is 13.6. The second kappa shape index (κ2) is 7.82. The van der Waals surface area contributed by atoms with Crippen LogP contribution in [0.2, 0.25) is 0 Å². The van der Waals surface area contributed by atoms with Crippen molar-refractivity contribution in [2.45, 2.75) is 89.5 Å². The summed E-state index contributed by atoms with van der Waals surface area (Å²) in [6.45, 7) is 7.22. The lowest BCUT2D eigenvalue weighted by atomic mass is 9.92. The highest BCUT2D eigenvalue weighted by Gasteiger charge is 2.33. The van der Waals surface area contributed by atoms with Crippen molar-refractivity contribution in [1.29, 1.82) is 0 Å². The van der Waals surface area contributed by atoms with Crippen molar-refractivity contribution in [3.05, 3.63) is 0 Å². The summed E-state index contributed by atoms with van der Waals surface area (Å²) in [5, 5.41) is 3.47. The van der Waals surface area contributed by atoms with E-state index < -0.39 is 12.6 Å². The maximum Gasteiger partial charge on any atom is 0.389 e. The highest BCUT2D eigenvalue weighted by atomic mass is 19.4. The van der Waals surface area contributed by atoms with Crippen LogP contribution < -0.4 is 5.32 Å². The third kappa shape index (κ3) is 8.67. The fraction of sp³-hybridized carbons (Fsp3) is 1.00. The van der Waals surface area contributed by atoms with Crippen molar-refractivity contribution >= 4 is 0 Å². The Kier molecular flexibility index (Phi) is 6.98. The Morgan fingerprint density at radius 1 is 1.00 bits per heavy atom. The molecule has 0 unspecified atom stereocenters. The average Bonchev–Trinajstić information content (AvgIpc) is 2.57. The van der Waals surface area contributed by atoms with Gasteiger partial charge in [0.1, 0.15) is 0 Å². The predicted molar refractivity (Wildman–Crippen MR) is 79.4 cm³/mol. The molecule has 0 heterocycles. The second-order valence-electron chi connectivity index (χ2n) is 7.27. The van der Waals surface area contributed by atoms with Crippen LogP contribution in [0.15, 0.2) is 0 Å². The number of ether oxygens (including phenoxy) is 1. The molecule has 0 bridgehead atoms. The van der Waals surface area contributed by atoms with E-state index in [1.807, 2.05) is 0 Å². The molecule has 0 aromatic rings. The van der Waals surface area contributed by atoms with Crippen LogP contribution in [0.25, 0.3) is 0 Å². The summed E-state index contributed by atoms with van der Waals surface area (Å²) >= 11 is 0. The van der Waals surface area contributed by atoms with E-state index in [1.165, 1.54) is 12.8 Å². The van der Waals surface area contributed by atoms with Gasteiger partial charge in [0.05, 0.1) is 5.60 Å². The lowest BCUT2D eigenvalue weighted by Crippen LogP contribution is -2.49. The van der Waals surface area contributed by atoms with Crippen LogP contribution in [0.1, 0.15) is 72.1 Å². The van der Waals surface area contributed by atoms with Gasteiger partial charge in [-0.2, -0.15) is 13.2 Å². The quantitative estimate of drug-likeness (QED) is 0.560. The number of alkyl halides is 3. The lowest BCUT2D eigenvalue weighted by molar-refractivity contribution is -0.142. The van der Waals surface area contributed by atoms with Gasteiger partial charge < -0.3 is 10.1 Å². The standard InChI is InChI=1S/C16H30F3NO/c1-14(2,3)20-13-15(9-6-4-5-7-10-15)21-12-8-11-16(17,18)19/h20H,4-13H2,1-3H3. The Hall–Kier alpha value is -0.290. The van der Waals surface area contributed by atoms with E-state index in [1.54, 1.807) is 0 Å². The van der Waals surface area contributed by atoms with Crippen LogP contribution in [0.3, 0.4) is 0 Å². The van der Waals surface area contributed by atoms with E-state index in [0.29, 0.717) is 0 Å². The van der Waals surface area contributed by atoms with Crippen LogP contribution in [-0.2, 0) is 4.74 Å². The van der Waals surface area contributed by atoms with Crippen molar-refractivity contribution in [1.82, 2.24) is 5.32 Å². The Balaban J connectivity index is 2.51. The topological polar surface area (TPSA) is 21.3 Å². The fourth-order valence-corrected chi connectivity index (χ4v) is 2.73.